The molecule has 0 radical (unpaired) electrons. The zero-order valence-electron chi connectivity index (χ0n) is 35.5. The van der Waals surface area contributed by atoms with Crippen molar-refractivity contribution in [2.45, 2.75) is 109 Å². The van der Waals surface area contributed by atoms with E-state index < -0.39 is 5.82 Å². The van der Waals surface area contributed by atoms with E-state index in [0.717, 1.165) is 88.8 Å². The standard InChI is InChI=1S/C48H42FN12O2S2/c1-28-40(26-57(55-28)35-5-10-38(62)11-6-35)31-17-44(46-33(20-51)22-54-59(46)23-31)64-43-14-9-37(16-30(43)19-50)60-25-34(21-52)47-45(65-48-42(49)4-3-15-53-48)18-32(24-61(47)60)41-27-58(56-29(41)2)36-7-12-39(63)13-8-36/h3-4,9,14-18,22-27,35-36,38-39,62-63H,5-8,10-13H2,1-2H3/q+1. The van der Waals surface area contributed by atoms with Crippen LogP contribution in [0.15, 0.2) is 106 Å². The number of aryl methyl sites for hydroxylation is 2. The van der Waals surface area contributed by atoms with E-state index >= 15 is 4.39 Å². The van der Waals surface area contributed by atoms with Crippen LogP contribution in [0.4, 0.5) is 4.39 Å². The van der Waals surface area contributed by atoms with Gasteiger partial charge in [-0.05, 0) is 95.5 Å². The van der Waals surface area contributed by atoms with Crippen LogP contribution in [0.25, 0.3) is 39.0 Å². The van der Waals surface area contributed by atoms with E-state index in [4.69, 9.17) is 10.2 Å². The topological polar surface area (TPSA) is 186 Å². The molecule has 2 saturated carbocycles. The van der Waals surface area contributed by atoms with Crippen molar-refractivity contribution in [2.75, 3.05) is 0 Å². The zero-order chi connectivity index (χ0) is 44.9. The molecule has 17 heteroatoms. The van der Waals surface area contributed by atoms with Crippen molar-refractivity contribution in [3.05, 3.63) is 120 Å². The average molecular weight is 902 g/mol. The van der Waals surface area contributed by atoms with E-state index in [1.165, 1.54) is 30.1 Å². The largest absolute Gasteiger partial charge is 0.393 e. The predicted molar refractivity (Wildman–Crippen MR) is 240 cm³/mol. The van der Waals surface area contributed by atoms with Gasteiger partial charge in [0.15, 0.2) is 5.82 Å². The lowest BCUT2D eigenvalue weighted by atomic mass is 9.93. The lowest BCUT2D eigenvalue weighted by Gasteiger charge is -2.25. The summed E-state index contributed by atoms with van der Waals surface area (Å²) in [5, 5.41) is 66.1. The van der Waals surface area contributed by atoms with Crippen LogP contribution >= 0.6 is 23.5 Å². The number of aliphatic hydroxyl groups excluding tert-OH is 2. The predicted octanol–water partition coefficient (Wildman–Crippen LogP) is 8.61. The number of nitrogens with zero attached hydrogens (tertiary/aromatic N) is 12. The number of aliphatic hydroxyl groups is 2. The number of pyridine rings is 3. The summed E-state index contributed by atoms with van der Waals surface area (Å²) < 4.78 is 24.5. The summed E-state index contributed by atoms with van der Waals surface area (Å²) in [5.41, 5.74) is 7.95. The SMILES string of the molecule is Cc1nn(C2CCC(O)CC2)cc1-c1cc(Sc2ccc(-[n+]3cc(C#N)c4c(Sc5ncccc5F)cc(-c5cn(C6CCC(O)CC6)nc5C)cn43)cc2C#N)c2c(C#N)cnn2c1. The normalized spacial score (nSPS) is 18.7. The fourth-order valence-corrected chi connectivity index (χ4v) is 11.2. The number of fused-ring (bicyclic) bond motifs is 2. The molecule has 0 saturated heterocycles. The van der Waals surface area contributed by atoms with Crippen LogP contribution in [0.1, 0.15) is 91.5 Å². The number of hydrogen-bond donors (Lipinski definition) is 2. The number of halogens is 1. The van der Waals surface area contributed by atoms with Crippen LogP contribution in [0.3, 0.4) is 0 Å². The molecule has 0 bridgehead atoms. The van der Waals surface area contributed by atoms with Crippen LogP contribution in [0, 0.1) is 53.7 Å². The molecule has 14 nitrogen and oxygen atoms in total. The second kappa shape index (κ2) is 17.3. The minimum atomic E-state index is -0.485. The third kappa shape index (κ3) is 7.93. The summed E-state index contributed by atoms with van der Waals surface area (Å²) >= 11 is 2.49. The third-order valence-corrected chi connectivity index (χ3v) is 14.7. The molecule has 1 aromatic carbocycles. The average Bonchev–Trinajstić information content (AvgIpc) is 4.11. The first kappa shape index (κ1) is 42.2. The van der Waals surface area contributed by atoms with E-state index in [9.17, 15) is 26.0 Å². The van der Waals surface area contributed by atoms with Crippen LogP contribution in [-0.2, 0) is 0 Å². The highest BCUT2D eigenvalue weighted by atomic mass is 32.2. The van der Waals surface area contributed by atoms with Gasteiger partial charge in [-0.15, -0.1) is 4.52 Å². The summed E-state index contributed by atoms with van der Waals surface area (Å²) in [7, 11) is 0. The van der Waals surface area contributed by atoms with Gasteiger partial charge < -0.3 is 10.2 Å². The van der Waals surface area contributed by atoms with Crippen LogP contribution < -0.4 is 4.68 Å². The van der Waals surface area contributed by atoms with E-state index in [2.05, 4.69) is 28.3 Å². The van der Waals surface area contributed by atoms with Crippen molar-refractivity contribution in [3.8, 4) is 46.1 Å². The molecule has 0 aliphatic heterocycles. The number of nitriles is 3. The minimum Gasteiger partial charge on any atom is -0.393 e. The first-order valence-electron chi connectivity index (χ1n) is 21.5. The molecule has 10 rings (SSSR count). The monoisotopic (exact) mass is 901 g/mol. The number of benzene rings is 1. The molecule has 0 atom stereocenters. The van der Waals surface area contributed by atoms with Gasteiger partial charge in [-0.1, -0.05) is 28.2 Å². The van der Waals surface area contributed by atoms with E-state index in [1.54, 1.807) is 23.0 Å². The molecule has 2 N–H and O–H groups in total. The van der Waals surface area contributed by atoms with Gasteiger partial charge in [-0.25, -0.2) is 13.9 Å². The zero-order valence-corrected chi connectivity index (χ0v) is 37.1. The summed E-state index contributed by atoms with van der Waals surface area (Å²) in [5.74, 6) is -0.485. The van der Waals surface area contributed by atoms with Crippen LogP contribution in [0.5, 0.6) is 0 Å². The van der Waals surface area contributed by atoms with Crippen molar-refractivity contribution in [3.63, 3.8) is 0 Å². The van der Waals surface area contributed by atoms with E-state index in [0.29, 0.717) is 56.0 Å². The fourth-order valence-electron chi connectivity index (χ4n) is 9.18. The maximum atomic E-state index is 15.2. The van der Waals surface area contributed by atoms with Gasteiger partial charge in [-0.3, -0.25) is 9.36 Å². The Kier molecular flexibility index (Phi) is 11.2. The molecule has 0 unspecified atom stereocenters. The van der Waals surface area contributed by atoms with Crippen molar-refractivity contribution >= 4 is 34.6 Å². The number of hydrogen-bond acceptors (Lipinski definition) is 11. The first-order chi connectivity index (χ1) is 31.6. The Labute approximate surface area is 381 Å². The molecule has 7 aromatic heterocycles. The molecular formula is C48H42FN12O2S2+. The van der Waals surface area contributed by atoms with Crippen molar-refractivity contribution < 1.29 is 19.3 Å². The highest BCUT2D eigenvalue weighted by Gasteiger charge is 2.28. The molecule has 2 aliphatic carbocycles. The maximum Gasteiger partial charge on any atom is 0.237 e. The molecule has 2 aliphatic rings. The minimum absolute atomic E-state index is 0.151. The Morgan fingerprint density at radius 1 is 0.692 bits per heavy atom. The molecule has 2 fully saturated rings. The molecule has 0 amide bonds. The van der Waals surface area contributed by atoms with Crippen molar-refractivity contribution in [2.24, 2.45) is 0 Å². The first-order valence-corrected chi connectivity index (χ1v) is 23.1. The Morgan fingerprint density at radius 3 is 1.89 bits per heavy atom. The van der Waals surface area contributed by atoms with Gasteiger partial charge in [0.25, 0.3) is 0 Å². The number of rotatable bonds is 9. The second-order valence-corrected chi connectivity index (χ2v) is 18.9. The summed E-state index contributed by atoms with van der Waals surface area (Å²) in [6.07, 6.45) is 18.3. The highest BCUT2D eigenvalue weighted by Crippen LogP contribution is 2.41. The van der Waals surface area contributed by atoms with Crippen LogP contribution in [-0.4, -0.2) is 61.1 Å². The quantitative estimate of drug-likeness (QED) is 0.132. The van der Waals surface area contributed by atoms with Gasteiger partial charge in [0.05, 0.1) is 64.7 Å². The Morgan fingerprint density at radius 2 is 1.29 bits per heavy atom. The van der Waals surface area contributed by atoms with Gasteiger partial charge in [0.2, 0.25) is 11.9 Å². The molecule has 8 aromatic rings. The Balaban J connectivity index is 1.06. The lowest BCUT2D eigenvalue weighted by Crippen LogP contribution is -2.36. The summed E-state index contributed by atoms with van der Waals surface area (Å²) in [6, 6.07) is 19.7. The number of aromatic nitrogens is 9. The smallest absolute Gasteiger partial charge is 0.237 e. The molecule has 324 valence electrons. The van der Waals surface area contributed by atoms with Gasteiger partial charge >= 0.3 is 0 Å². The van der Waals surface area contributed by atoms with Crippen molar-refractivity contribution in [1.29, 1.82) is 15.8 Å². The second-order valence-electron chi connectivity index (χ2n) is 16.8. The third-order valence-electron chi connectivity index (χ3n) is 12.6. The molecular weight excluding hydrogens is 860 g/mol. The molecule has 65 heavy (non-hydrogen) atoms. The van der Waals surface area contributed by atoms with Gasteiger partial charge in [-0.2, -0.15) is 31.1 Å². The summed E-state index contributed by atoms with van der Waals surface area (Å²) in [6.45, 7) is 3.92. The van der Waals surface area contributed by atoms with E-state index in [1.807, 2.05) is 81.5 Å². The summed E-state index contributed by atoms with van der Waals surface area (Å²) in [4.78, 5) is 6.30. The fraction of sp³-hybridized carbons (Fsp3) is 0.292. The maximum absolute atomic E-state index is 15.2. The molecule has 7 heterocycles. The van der Waals surface area contributed by atoms with Crippen molar-refractivity contribution in [1.82, 2.24) is 38.7 Å². The molecule has 0 spiro atoms. The lowest BCUT2D eigenvalue weighted by molar-refractivity contribution is -0.667. The van der Waals surface area contributed by atoms with Gasteiger partial charge in [0.1, 0.15) is 34.3 Å². The van der Waals surface area contributed by atoms with Gasteiger partial charge in [0, 0.05) is 73.9 Å². The Hall–Kier alpha value is -6.81. The van der Waals surface area contributed by atoms with E-state index in [-0.39, 0.29) is 29.3 Å². The highest BCUT2D eigenvalue weighted by molar-refractivity contribution is 7.99. The van der Waals surface area contributed by atoms with Crippen LogP contribution in [0.2, 0.25) is 0 Å². The Bertz CT molecular complexity index is 3280.